The SMILES string of the molecule is COC(=O)[C@@H](C)C[C@H](Cc1ccccc1)NC(=O)c1csc([C@@H](C[C@H](C(C)C)N(C)C(=O)[C@H](CC2CC2)NC(=O)[C@H]2CCCCN2C)OC(C)=O)n1. The van der Waals surface area contributed by atoms with Gasteiger partial charge in [-0.05, 0) is 63.1 Å². The topological polar surface area (TPSA) is 147 Å². The second-order valence-corrected chi connectivity index (χ2v) is 15.8. The largest absolute Gasteiger partial charge is 0.469 e. The number of hydrogen-bond donors (Lipinski definition) is 2. The molecule has 4 rings (SSSR count). The standard InChI is InChI=1S/C39H57N5O7S/c1-24(2)33(44(6)38(48)30(21-28-16-17-28)41-36(47)32-15-11-12-18-43(32)5)22-34(51-26(4)45)37-42-31(23-52-37)35(46)40-29(19-25(3)39(49)50-7)20-27-13-9-8-10-14-27/h8-10,13-14,23-25,28-30,32-34H,11-12,15-22H2,1-7H3,(H,40,46)(H,41,47)/t25-,29+,30-,32+,33+,34+/m0/s1. The monoisotopic (exact) mass is 739 g/mol. The van der Waals surface area contributed by atoms with Crippen molar-refractivity contribution in [1.29, 1.82) is 0 Å². The summed E-state index contributed by atoms with van der Waals surface area (Å²) in [5.74, 6) is -1.57. The summed E-state index contributed by atoms with van der Waals surface area (Å²) in [6, 6.07) is 8.09. The number of rotatable bonds is 18. The molecule has 1 saturated heterocycles. The van der Waals surface area contributed by atoms with Gasteiger partial charge in [-0.15, -0.1) is 11.3 Å². The van der Waals surface area contributed by atoms with E-state index in [2.05, 4.69) is 20.5 Å². The zero-order chi connectivity index (χ0) is 37.9. The van der Waals surface area contributed by atoms with E-state index in [-0.39, 0.29) is 53.9 Å². The molecule has 6 atom stereocenters. The molecule has 52 heavy (non-hydrogen) atoms. The van der Waals surface area contributed by atoms with Crippen molar-refractivity contribution in [3.63, 3.8) is 0 Å². The van der Waals surface area contributed by atoms with Crippen LogP contribution >= 0.6 is 11.3 Å². The molecule has 0 unspecified atom stereocenters. The lowest BCUT2D eigenvalue weighted by Gasteiger charge is -2.37. The molecule has 1 aromatic carbocycles. The zero-order valence-electron chi connectivity index (χ0n) is 31.8. The number of likely N-dealkylation sites (N-methyl/N-ethyl adjacent to an activating group) is 2. The van der Waals surface area contributed by atoms with Crippen LogP contribution in [0.3, 0.4) is 0 Å². The van der Waals surface area contributed by atoms with Gasteiger partial charge in [-0.3, -0.25) is 28.9 Å². The third kappa shape index (κ3) is 11.8. The molecule has 1 aromatic heterocycles. The number of thiazole rings is 1. The third-order valence-electron chi connectivity index (χ3n) is 10.3. The first-order valence-electron chi connectivity index (χ1n) is 18.6. The van der Waals surface area contributed by atoms with Crippen LogP contribution in [0.2, 0.25) is 0 Å². The highest BCUT2D eigenvalue weighted by atomic mass is 32.1. The predicted molar refractivity (Wildman–Crippen MR) is 199 cm³/mol. The first-order chi connectivity index (χ1) is 24.8. The lowest BCUT2D eigenvalue weighted by atomic mass is 9.95. The van der Waals surface area contributed by atoms with Crippen molar-refractivity contribution in [3.8, 4) is 0 Å². The zero-order valence-corrected chi connectivity index (χ0v) is 32.6. The second-order valence-electron chi connectivity index (χ2n) is 14.9. The number of esters is 2. The molecule has 2 N–H and O–H groups in total. The average molecular weight is 740 g/mol. The Kier molecular flexibility index (Phi) is 15.2. The van der Waals surface area contributed by atoms with Gasteiger partial charge in [0.05, 0.1) is 19.1 Å². The molecule has 13 heteroatoms. The van der Waals surface area contributed by atoms with Gasteiger partial charge in [0.15, 0.2) is 6.10 Å². The van der Waals surface area contributed by atoms with Crippen molar-refractivity contribution >= 4 is 41.0 Å². The molecular weight excluding hydrogens is 683 g/mol. The maximum Gasteiger partial charge on any atom is 0.308 e. The van der Waals surface area contributed by atoms with Gasteiger partial charge < -0.3 is 25.0 Å². The lowest BCUT2D eigenvalue weighted by molar-refractivity contribution is -0.149. The number of methoxy groups -OCH3 is 1. The van der Waals surface area contributed by atoms with E-state index in [0.717, 1.165) is 44.2 Å². The normalized spacial score (nSPS) is 19.1. The first kappa shape index (κ1) is 40.9. The Morgan fingerprint density at radius 1 is 1.02 bits per heavy atom. The molecule has 1 saturated carbocycles. The summed E-state index contributed by atoms with van der Waals surface area (Å²) >= 11 is 1.21. The second kappa shape index (κ2) is 19.3. The van der Waals surface area contributed by atoms with Crippen LogP contribution in [0.4, 0.5) is 0 Å². The highest BCUT2D eigenvalue weighted by Gasteiger charge is 2.38. The van der Waals surface area contributed by atoms with Gasteiger partial charge in [-0.1, -0.05) is 70.4 Å². The molecule has 3 amide bonds. The highest BCUT2D eigenvalue weighted by molar-refractivity contribution is 7.09. The van der Waals surface area contributed by atoms with Gasteiger partial charge in [0.1, 0.15) is 16.7 Å². The van der Waals surface area contributed by atoms with Crippen molar-refractivity contribution < 1.29 is 33.4 Å². The number of nitrogens with zero attached hydrogens (tertiary/aromatic N) is 3. The summed E-state index contributed by atoms with van der Waals surface area (Å²) in [5, 5.41) is 8.24. The van der Waals surface area contributed by atoms with Crippen molar-refractivity contribution in [2.75, 3.05) is 27.7 Å². The van der Waals surface area contributed by atoms with Crippen LogP contribution in [0.5, 0.6) is 0 Å². The summed E-state index contributed by atoms with van der Waals surface area (Å²) < 4.78 is 10.7. The number of benzene rings is 1. The Morgan fingerprint density at radius 2 is 1.73 bits per heavy atom. The van der Waals surface area contributed by atoms with Crippen LogP contribution in [-0.2, 0) is 35.1 Å². The van der Waals surface area contributed by atoms with Crippen molar-refractivity contribution in [2.45, 2.75) is 116 Å². The lowest BCUT2D eigenvalue weighted by Crippen LogP contribution is -2.56. The molecule has 286 valence electrons. The summed E-state index contributed by atoms with van der Waals surface area (Å²) in [6.45, 7) is 7.97. The number of amides is 3. The molecule has 0 spiro atoms. The average Bonchev–Trinajstić information content (AvgIpc) is 3.79. The highest BCUT2D eigenvalue weighted by Crippen LogP contribution is 2.35. The summed E-state index contributed by atoms with van der Waals surface area (Å²) in [5.41, 5.74) is 1.18. The molecule has 0 radical (unpaired) electrons. The fraction of sp³-hybridized carbons (Fsp3) is 0.641. The molecule has 12 nitrogen and oxygen atoms in total. The molecule has 2 heterocycles. The number of aromatic nitrogens is 1. The molecule has 1 aliphatic carbocycles. The van der Waals surface area contributed by atoms with Gasteiger partial charge in [0.2, 0.25) is 11.8 Å². The van der Waals surface area contributed by atoms with E-state index in [1.54, 1.807) is 24.3 Å². The summed E-state index contributed by atoms with van der Waals surface area (Å²) in [4.78, 5) is 74.1. The third-order valence-corrected chi connectivity index (χ3v) is 11.2. The molecule has 2 aliphatic rings. The van der Waals surface area contributed by atoms with Crippen LogP contribution in [0.15, 0.2) is 35.7 Å². The van der Waals surface area contributed by atoms with Gasteiger partial charge in [-0.2, -0.15) is 0 Å². The van der Waals surface area contributed by atoms with Gasteiger partial charge in [0.25, 0.3) is 5.91 Å². The number of ether oxygens (including phenoxy) is 2. The molecule has 2 aromatic rings. The van der Waals surface area contributed by atoms with Crippen LogP contribution < -0.4 is 10.6 Å². The van der Waals surface area contributed by atoms with E-state index in [1.807, 2.05) is 51.2 Å². The van der Waals surface area contributed by atoms with E-state index < -0.39 is 29.9 Å². The van der Waals surface area contributed by atoms with E-state index in [4.69, 9.17) is 9.47 Å². The van der Waals surface area contributed by atoms with E-state index >= 15 is 0 Å². The first-order valence-corrected chi connectivity index (χ1v) is 19.5. The van der Waals surface area contributed by atoms with E-state index in [9.17, 15) is 24.0 Å². The Bertz CT molecular complexity index is 1510. The minimum Gasteiger partial charge on any atom is -0.469 e. The number of hydrogen-bond acceptors (Lipinski definition) is 10. The minimum absolute atomic E-state index is 0.0213. The molecule has 1 aliphatic heterocycles. The summed E-state index contributed by atoms with van der Waals surface area (Å²) in [6.07, 6.45) is 5.84. The molecule has 0 bridgehead atoms. The number of nitrogens with one attached hydrogen (secondary N) is 2. The van der Waals surface area contributed by atoms with Crippen LogP contribution in [0, 0.1) is 17.8 Å². The Balaban J connectivity index is 1.49. The fourth-order valence-corrected chi connectivity index (χ4v) is 7.94. The fourth-order valence-electron chi connectivity index (χ4n) is 7.10. The van der Waals surface area contributed by atoms with Crippen molar-refractivity contribution in [3.05, 3.63) is 52.0 Å². The van der Waals surface area contributed by atoms with Crippen molar-refractivity contribution in [2.24, 2.45) is 17.8 Å². The number of carbonyl (C=O) groups is 5. The van der Waals surface area contributed by atoms with Gasteiger partial charge in [-0.25, -0.2) is 4.98 Å². The van der Waals surface area contributed by atoms with Crippen LogP contribution in [0.25, 0.3) is 0 Å². The Morgan fingerprint density at radius 3 is 2.35 bits per heavy atom. The van der Waals surface area contributed by atoms with E-state index in [0.29, 0.717) is 30.2 Å². The Labute approximate surface area is 312 Å². The Hall–Kier alpha value is -3.84. The van der Waals surface area contributed by atoms with E-state index in [1.165, 1.54) is 25.4 Å². The van der Waals surface area contributed by atoms with Crippen LogP contribution in [-0.4, -0.2) is 96.4 Å². The maximum absolute atomic E-state index is 14.2. The molecule has 2 fully saturated rings. The van der Waals surface area contributed by atoms with Crippen LogP contribution in [0.1, 0.15) is 106 Å². The van der Waals surface area contributed by atoms with Gasteiger partial charge in [0, 0.05) is 37.9 Å². The smallest absolute Gasteiger partial charge is 0.308 e. The number of carbonyl (C=O) groups excluding carboxylic acids is 5. The quantitative estimate of drug-likeness (QED) is 0.203. The summed E-state index contributed by atoms with van der Waals surface area (Å²) in [7, 11) is 5.05. The number of piperidine rings is 1. The predicted octanol–water partition coefficient (Wildman–Crippen LogP) is 4.93. The maximum atomic E-state index is 14.2. The number of likely N-dealkylation sites (tertiary alicyclic amines) is 1. The van der Waals surface area contributed by atoms with Gasteiger partial charge >= 0.3 is 11.9 Å². The minimum atomic E-state index is -0.807. The molecular formula is C39H57N5O7S. The van der Waals surface area contributed by atoms with Crippen molar-refractivity contribution in [1.82, 2.24) is 25.4 Å².